The highest BCUT2D eigenvalue weighted by Gasteiger charge is 2.52. The molecule has 0 aliphatic heterocycles. The topological polar surface area (TPSA) is 9.23 Å². The van der Waals surface area contributed by atoms with E-state index in [1.54, 1.807) is 0 Å². The number of allylic oxidation sites excluding steroid dienone is 1. The van der Waals surface area contributed by atoms with Gasteiger partial charge in [0.2, 0.25) is 0 Å². The Bertz CT molecular complexity index is 818. The van der Waals surface area contributed by atoms with Gasteiger partial charge in [0.05, 0.1) is 6.10 Å². The van der Waals surface area contributed by atoms with E-state index >= 15 is 0 Å². The van der Waals surface area contributed by atoms with Crippen LogP contribution < -0.4 is 10.4 Å². The zero-order chi connectivity index (χ0) is 21.1. The lowest BCUT2D eigenvalue weighted by Crippen LogP contribution is -2.68. The first kappa shape index (κ1) is 22.0. The molecule has 1 nitrogen and oxygen atoms in total. The summed E-state index contributed by atoms with van der Waals surface area (Å²) in [4.78, 5) is 0. The molecule has 1 saturated carbocycles. The van der Waals surface area contributed by atoms with Crippen molar-refractivity contribution in [3.8, 4) is 0 Å². The van der Waals surface area contributed by atoms with Gasteiger partial charge in [-0.1, -0.05) is 99.7 Å². The first-order valence-electron chi connectivity index (χ1n) is 10.1. The van der Waals surface area contributed by atoms with Crippen molar-refractivity contribution in [3.63, 3.8) is 0 Å². The number of benzene rings is 2. The standard InChI is InChI=1S/C25H30ClFOSi/c1-19-23(27)17-20(15-16-26)18-24(19)28-29(25(2,3)4,21-11-7-5-8-12-21)22-13-9-6-10-14-22/h5-15,23-24H,1,16-18H2,2-4H3/b20-15+/t23-,24+/m0/s1. The van der Waals surface area contributed by atoms with Crippen molar-refractivity contribution in [1.82, 2.24) is 0 Å². The van der Waals surface area contributed by atoms with Crippen molar-refractivity contribution in [2.24, 2.45) is 0 Å². The number of alkyl halides is 2. The zero-order valence-electron chi connectivity index (χ0n) is 17.5. The van der Waals surface area contributed by atoms with Gasteiger partial charge in [-0.05, 0) is 27.4 Å². The highest BCUT2D eigenvalue weighted by molar-refractivity contribution is 6.99. The highest BCUT2D eigenvalue weighted by Crippen LogP contribution is 2.41. The summed E-state index contributed by atoms with van der Waals surface area (Å²) in [5.41, 5.74) is 1.56. The summed E-state index contributed by atoms with van der Waals surface area (Å²) < 4.78 is 21.9. The molecule has 4 heteroatoms. The number of rotatable bonds is 5. The molecular weight excluding hydrogens is 399 g/mol. The van der Waals surface area contributed by atoms with Crippen LogP contribution in [0.1, 0.15) is 33.6 Å². The Morgan fingerprint density at radius 1 is 1.03 bits per heavy atom. The fraction of sp³-hybridized carbons (Fsp3) is 0.360. The van der Waals surface area contributed by atoms with E-state index in [0.29, 0.717) is 24.3 Å². The van der Waals surface area contributed by atoms with Crippen LogP contribution in [-0.4, -0.2) is 26.5 Å². The smallest absolute Gasteiger partial charge is 0.261 e. The van der Waals surface area contributed by atoms with Crippen LogP contribution >= 0.6 is 11.6 Å². The third-order valence-corrected chi connectivity index (χ3v) is 11.0. The molecule has 0 radical (unpaired) electrons. The van der Waals surface area contributed by atoms with Gasteiger partial charge in [0, 0.05) is 12.3 Å². The Morgan fingerprint density at radius 2 is 1.55 bits per heavy atom. The average molecular weight is 429 g/mol. The van der Waals surface area contributed by atoms with Gasteiger partial charge in [0.1, 0.15) is 6.17 Å². The quantitative estimate of drug-likeness (QED) is 0.333. The van der Waals surface area contributed by atoms with Crippen molar-refractivity contribution >= 4 is 30.3 Å². The zero-order valence-corrected chi connectivity index (χ0v) is 19.3. The molecule has 0 aromatic heterocycles. The molecule has 1 fully saturated rings. The molecule has 0 amide bonds. The van der Waals surface area contributed by atoms with E-state index in [0.717, 1.165) is 5.57 Å². The fourth-order valence-electron chi connectivity index (χ4n) is 4.31. The molecule has 0 bridgehead atoms. The molecule has 1 aliphatic rings. The summed E-state index contributed by atoms with van der Waals surface area (Å²) in [5.74, 6) is 0.389. The monoisotopic (exact) mass is 428 g/mol. The summed E-state index contributed by atoms with van der Waals surface area (Å²) in [6, 6.07) is 20.9. The van der Waals surface area contributed by atoms with Crippen LogP contribution in [0.4, 0.5) is 4.39 Å². The molecule has 2 atom stereocenters. The Labute approximate surface area is 180 Å². The van der Waals surface area contributed by atoms with E-state index < -0.39 is 14.5 Å². The van der Waals surface area contributed by atoms with Crippen molar-refractivity contribution in [2.45, 2.75) is 50.9 Å². The van der Waals surface area contributed by atoms with Crippen molar-refractivity contribution in [3.05, 3.63) is 84.5 Å². The molecule has 0 heterocycles. The predicted octanol–water partition coefficient (Wildman–Crippen LogP) is 5.78. The molecule has 29 heavy (non-hydrogen) atoms. The second kappa shape index (κ2) is 8.99. The molecule has 1 aliphatic carbocycles. The van der Waals surface area contributed by atoms with Crippen LogP contribution in [0.5, 0.6) is 0 Å². The molecule has 2 aromatic carbocycles. The minimum absolute atomic E-state index is 0.157. The maximum Gasteiger partial charge on any atom is 0.261 e. The van der Waals surface area contributed by atoms with Crippen molar-refractivity contribution in [2.75, 3.05) is 5.88 Å². The average Bonchev–Trinajstić information content (AvgIpc) is 2.70. The summed E-state index contributed by atoms with van der Waals surface area (Å²) in [7, 11) is -2.75. The van der Waals surface area contributed by atoms with E-state index in [9.17, 15) is 4.39 Å². The molecular formula is C25H30ClFOSi. The van der Waals surface area contributed by atoms with Gasteiger partial charge in [-0.25, -0.2) is 4.39 Å². The van der Waals surface area contributed by atoms with Gasteiger partial charge in [-0.15, -0.1) is 11.6 Å². The van der Waals surface area contributed by atoms with Crippen LogP contribution in [0.25, 0.3) is 0 Å². The Hall–Kier alpha value is -1.68. The summed E-state index contributed by atoms with van der Waals surface area (Å²) in [6.07, 6.45) is 1.48. The van der Waals surface area contributed by atoms with Crippen LogP contribution in [0, 0.1) is 0 Å². The van der Waals surface area contributed by atoms with Gasteiger partial charge in [-0.2, -0.15) is 0 Å². The lowest BCUT2D eigenvalue weighted by atomic mass is 9.87. The fourth-order valence-corrected chi connectivity index (χ4v) is 9.21. The predicted molar refractivity (Wildman–Crippen MR) is 125 cm³/mol. The van der Waals surface area contributed by atoms with Crippen molar-refractivity contribution in [1.29, 1.82) is 0 Å². The second-order valence-corrected chi connectivity index (χ2v) is 13.3. The summed E-state index contributed by atoms with van der Waals surface area (Å²) in [6.45, 7) is 10.8. The first-order valence-corrected chi connectivity index (χ1v) is 12.6. The van der Waals surface area contributed by atoms with Gasteiger partial charge in [0.25, 0.3) is 8.32 Å². The lowest BCUT2D eigenvalue weighted by Gasteiger charge is -2.46. The molecule has 0 saturated heterocycles. The molecule has 0 unspecified atom stereocenters. The first-order chi connectivity index (χ1) is 13.8. The third-order valence-electron chi connectivity index (χ3n) is 5.81. The largest absolute Gasteiger partial charge is 0.400 e. The third kappa shape index (κ3) is 4.42. The maximum absolute atomic E-state index is 14.8. The lowest BCUT2D eigenvalue weighted by molar-refractivity contribution is 0.178. The Balaban J connectivity index is 2.15. The molecule has 0 N–H and O–H groups in total. The second-order valence-electron chi connectivity index (χ2n) is 8.74. The van der Waals surface area contributed by atoms with Crippen LogP contribution in [0.2, 0.25) is 5.04 Å². The van der Waals surface area contributed by atoms with E-state index in [-0.39, 0.29) is 11.1 Å². The Kier molecular flexibility index (Phi) is 6.82. The molecule has 0 spiro atoms. The Morgan fingerprint density at radius 3 is 2.00 bits per heavy atom. The van der Waals surface area contributed by atoms with E-state index in [2.05, 4.69) is 75.9 Å². The SMILES string of the molecule is C=C1[C@@H](F)C/C(=C\CCl)C[C@H]1O[Si](c1ccccc1)(c1ccccc1)C(C)(C)C. The van der Waals surface area contributed by atoms with Crippen LogP contribution in [-0.2, 0) is 4.43 Å². The minimum atomic E-state index is -2.75. The van der Waals surface area contributed by atoms with E-state index in [4.69, 9.17) is 16.0 Å². The van der Waals surface area contributed by atoms with Crippen LogP contribution in [0.15, 0.2) is 84.5 Å². The molecule has 154 valence electrons. The highest BCUT2D eigenvalue weighted by atomic mass is 35.5. The van der Waals surface area contributed by atoms with E-state index in [1.807, 2.05) is 18.2 Å². The maximum atomic E-state index is 14.8. The normalized spacial score (nSPS) is 22.1. The minimum Gasteiger partial charge on any atom is -0.400 e. The van der Waals surface area contributed by atoms with Gasteiger partial charge < -0.3 is 4.43 Å². The number of halogens is 2. The van der Waals surface area contributed by atoms with Gasteiger partial charge in [-0.3, -0.25) is 0 Å². The van der Waals surface area contributed by atoms with E-state index in [1.165, 1.54) is 10.4 Å². The summed E-state index contributed by atoms with van der Waals surface area (Å²) >= 11 is 5.91. The molecule has 2 aromatic rings. The van der Waals surface area contributed by atoms with Crippen LogP contribution in [0.3, 0.4) is 0 Å². The van der Waals surface area contributed by atoms with Gasteiger partial charge >= 0.3 is 0 Å². The number of hydrogen-bond acceptors (Lipinski definition) is 1. The molecule has 3 rings (SSSR count). The number of hydrogen-bond donors (Lipinski definition) is 0. The summed E-state index contributed by atoms with van der Waals surface area (Å²) in [5, 5.41) is 2.22. The van der Waals surface area contributed by atoms with Gasteiger partial charge in [0.15, 0.2) is 0 Å². The van der Waals surface area contributed by atoms with Crippen molar-refractivity contribution < 1.29 is 8.82 Å².